The molecule has 0 aliphatic carbocycles. The van der Waals surface area contributed by atoms with Crippen molar-refractivity contribution in [2.24, 2.45) is 0 Å². The fourth-order valence-corrected chi connectivity index (χ4v) is 3.87. The highest BCUT2D eigenvalue weighted by Crippen LogP contribution is 2.23. The molecule has 0 unspecified atom stereocenters. The van der Waals surface area contributed by atoms with E-state index in [2.05, 4.69) is 4.98 Å². The molecule has 6 heteroatoms. The molecule has 0 fully saturated rings. The van der Waals surface area contributed by atoms with Gasteiger partial charge in [0.2, 0.25) is 0 Å². The van der Waals surface area contributed by atoms with Gasteiger partial charge in [-0.05, 0) is 51.5 Å². The third-order valence-corrected chi connectivity index (χ3v) is 5.57. The van der Waals surface area contributed by atoms with E-state index in [0.29, 0.717) is 11.6 Å². The van der Waals surface area contributed by atoms with E-state index in [1.807, 2.05) is 75.4 Å². The first-order valence-electron chi connectivity index (χ1n) is 9.84. The molecule has 156 valence electrons. The van der Waals surface area contributed by atoms with Crippen molar-refractivity contribution in [1.82, 2.24) is 9.88 Å². The van der Waals surface area contributed by atoms with Crippen molar-refractivity contribution >= 4 is 39.5 Å². The summed E-state index contributed by atoms with van der Waals surface area (Å²) in [7, 11) is 0. The first kappa shape index (κ1) is 21.7. The van der Waals surface area contributed by atoms with Gasteiger partial charge in [-0.15, -0.1) is 11.3 Å². The first-order chi connectivity index (χ1) is 14.2. The molecule has 0 radical (unpaired) electrons. The Balaban J connectivity index is 1.65. The number of hydrogen-bond acceptors (Lipinski definition) is 5. The molecule has 0 bridgehead atoms. The minimum atomic E-state index is -0.888. The summed E-state index contributed by atoms with van der Waals surface area (Å²) in [4.78, 5) is 31.5. The van der Waals surface area contributed by atoms with Crippen LogP contribution in [0.25, 0.3) is 16.3 Å². The van der Waals surface area contributed by atoms with Crippen LogP contribution in [0.4, 0.5) is 0 Å². The third kappa shape index (κ3) is 5.54. The molecule has 1 amide bonds. The van der Waals surface area contributed by atoms with Gasteiger partial charge in [0, 0.05) is 18.2 Å². The Morgan fingerprint density at radius 1 is 1.10 bits per heavy atom. The predicted octanol–water partition coefficient (Wildman–Crippen LogP) is 5.07. The smallest absolute Gasteiger partial charge is 0.331 e. The van der Waals surface area contributed by atoms with Crippen molar-refractivity contribution in [3.63, 3.8) is 0 Å². The maximum Gasteiger partial charge on any atom is 0.331 e. The van der Waals surface area contributed by atoms with E-state index in [1.165, 1.54) is 17.4 Å². The number of rotatable bonds is 6. The summed E-state index contributed by atoms with van der Waals surface area (Å²) in [5.74, 6) is -0.795. The molecule has 3 aromatic rings. The van der Waals surface area contributed by atoms with Crippen LogP contribution in [0.3, 0.4) is 0 Å². The molecule has 0 N–H and O–H groups in total. The van der Waals surface area contributed by atoms with Crippen molar-refractivity contribution < 1.29 is 14.3 Å². The summed E-state index contributed by atoms with van der Waals surface area (Å²) in [5.41, 5.74) is 1.50. The number of ether oxygens (including phenoxy) is 1. The molecule has 1 aromatic heterocycles. The maximum atomic E-state index is 13.0. The average molecular weight is 423 g/mol. The lowest BCUT2D eigenvalue weighted by Gasteiger charge is -2.37. The summed E-state index contributed by atoms with van der Waals surface area (Å²) in [6.07, 6.45) is 2.05. The van der Waals surface area contributed by atoms with Crippen molar-refractivity contribution in [1.29, 1.82) is 0 Å². The summed E-state index contributed by atoms with van der Waals surface area (Å²) >= 11 is 1.49. The molecule has 0 spiro atoms. The molecular weight excluding hydrogens is 396 g/mol. The molecule has 0 saturated heterocycles. The number of benzene rings is 2. The highest BCUT2D eigenvalue weighted by molar-refractivity contribution is 7.19. The Kier molecular flexibility index (Phi) is 6.67. The lowest BCUT2D eigenvalue weighted by atomic mass is 10.0. The molecule has 0 aliphatic heterocycles. The number of fused-ring (bicyclic) bond motifs is 1. The van der Waals surface area contributed by atoms with Gasteiger partial charge in [-0.2, -0.15) is 0 Å². The number of carbonyl (C=O) groups is 2. The van der Waals surface area contributed by atoms with Gasteiger partial charge in [-0.3, -0.25) is 4.79 Å². The molecule has 0 saturated carbocycles. The fraction of sp³-hybridized carbons (Fsp3) is 0.292. The van der Waals surface area contributed by atoms with Gasteiger partial charge in [-0.1, -0.05) is 42.5 Å². The summed E-state index contributed by atoms with van der Waals surface area (Å²) in [6.45, 7) is 7.96. The highest BCUT2D eigenvalue weighted by atomic mass is 32.1. The molecule has 1 heterocycles. The zero-order chi connectivity index (χ0) is 21.7. The normalized spacial score (nSPS) is 12.8. The SMILES string of the molecule is C[C@@H](OC(=O)/C=C/c1nc2ccccc2s1)C(=O)N(Cc1ccccc1)C(C)(C)C. The first-order valence-corrected chi connectivity index (χ1v) is 10.7. The number of amides is 1. The van der Waals surface area contributed by atoms with E-state index in [-0.39, 0.29) is 5.91 Å². The minimum absolute atomic E-state index is 0.229. The Morgan fingerprint density at radius 2 is 1.77 bits per heavy atom. The van der Waals surface area contributed by atoms with Gasteiger partial charge < -0.3 is 9.64 Å². The molecule has 1 atom stereocenters. The number of aromatic nitrogens is 1. The van der Waals surface area contributed by atoms with Gasteiger partial charge in [0.05, 0.1) is 10.2 Å². The molecule has 3 rings (SSSR count). The predicted molar refractivity (Wildman–Crippen MR) is 121 cm³/mol. The zero-order valence-corrected chi connectivity index (χ0v) is 18.5. The van der Waals surface area contributed by atoms with E-state index < -0.39 is 17.6 Å². The standard InChI is InChI=1S/C24H26N2O3S/c1-17(23(28)26(24(2,3)4)16-18-10-6-5-7-11-18)29-22(27)15-14-21-25-19-12-8-9-13-20(19)30-21/h5-15,17H,16H2,1-4H3/b15-14+/t17-/m1/s1. The minimum Gasteiger partial charge on any atom is -0.449 e. The van der Waals surface area contributed by atoms with Crippen LogP contribution >= 0.6 is 11.3 Å². The van der Waals surface area contributed by atoms with E-state index >= 15 is 0 Å². The van der Waals surface area contributed by atoms with Gasteiger partial charge in [-0.25, -0.2) is 9.78 Å². The largest absolute Gasteiger partial charge is 0.449 e. The summed E-state index contributed by atoms with van der Waals surface area (Å²) in [5, 5.41) is 0.715. The van der Waals surface area contributed by atoms with Gasteiger partial charge >= 0.3 is 5.97 Å². The van der Waals surface area contributed by atoms with Crippen LogP contribution in [-0.2, 0) is 20.9 Å². The number of para-hydroxylation sites is 1. The number of thiazole rings is 1. The molecule has 0 aliphatic rings. The fourth-order valence-electron chi connectivity index (χ4n) is 3.00. The van der Waals surface area contributed by atoms with Crippen molar-refractivity contribution in [2.45, 2.75) is 45.9 Å². The maximum absolute atomic E-state index is 13.0. The van der Waals surface area contributed by atoms with E-state index in [9.17, 15) is 9.59 Å². The lowest BCUT2D eigenvalue weighted by molar-refractivity contribution is -0.158. The number of hydrogen-bond donors (Lipinski definition) is 0. The second-order valence-electron chi connectivity index (χ2n) is 8.01. The second-order valence-corrected chi connectivity index (χ2v) is 9.08. The summed E-state index contributed by atoms with van der Waals surface area (Å²) in [6, 6.07) is 17.6. The quantitative estimate of drug-likeness (QED) is 0.411. The van der Waals surface area contributed by atoms with Crippen LogP contribution in [0.1, 0.15) is 38.3 Å². The highest BCUT2D eigenvalue weighted by Gasteiger charge is 2.31. The van der Waals surface area contributed by atoms with E-state index in [4.69, 9.17) is 4.74 Å². The van der Waals surface area contributed by atoms with Crippen molar-refractivity contribution in [3.8, 4) is 0 Å². The van der Waals surface area contributed by atoms with E-state index in [0.717, 1.165) is 15.8 Å². The van der Waals surface area contributed by atoms with Crippen molar-refractivity contribution in [2.75, 3.05) is 0 Å². The Bertz CT molecular complexity index is 1020. The van der Waals surface area contributed by atoms with Gasteiger partial charge in [0.25, 0.3) is 5.91 Å². The monoisotopic (exact) mass is 422 g/mol. The number of nitrogens with zero attached hydrogens (tertiary/aromatic N) is 2. The third-order valence-electron chi connectivity index (χ3n) is 4.57. The summed E-state index contributed by atoms with van der Waals surface area (Å²) < 4.78 is 6.43. The Hall–Kier alpha value is -2.99. The average Bonchev–Trinajstić information content (AvgIpc) is 3.13. The molecule has 30 heavy (non-hydrogen) atoms. The lowest BCUT2D eigenvalue weighted by Crippen LogP contribution is -2.49. The second kappa shape index (κ2) is 9.22. The zero-order valence-electron chi connectivity index (χ0n) is 17.7. The van der Waals surface area contributed by atoms with Crippen LogP contribution in [-0.4, -0.2) is 33.4 Å². The van der Waals surface area contributed by atoms with Crippen LogP contribution in [0.15, 0.2) is 60.7 Å². The topological polar surface area (TPSA) is 59.5 Å². The molecule has 5 nitrogen and oxygen atoms in total. The number of carbonyl (C=O) groups excluding carboxylic acids is 2. The van der Waals surface area contributed by atoms with E-state index in [1.54, 1.807) is 17.9 Å². The van der Waals surface area contributed by atoms with Gasteiger partial charge in [0.15, 0.2) is 6.10 Å². The van der Waals surface area contributed by atoms with Gasteiger partial charge in [0.1, 0.15) is 5.01 Å². The van der Waals surface area contributed by atoms with Crippen LogP contribution < -0.4 is 0 Å². The Labute approximate surface area is 181 Å². The molecule has 2 aromatic carbocycles. The Morgan fingerprint density at radius 3 is 2.43 bits per heavy atom. The van der Waals surface area contributed by atoms with Crippen LogP contribution in [0.5, 0.6) is 0 Å². The van der Waals surface area contributed by atoms with Crippen LogP contribution in [0, 0.1) is 0 Å². The number of esters is 1. The molecular formula is C24H26N2O3S. The van der Waals surface area contributed by atoms with Crippen LogP contribution in [0.2, 0.25) is 0 Å². The van der Waals surface area contributed by atoms with Crippen molar-refractivity contribution in [3.05, 3.63) is 71.2 Å².